The highest BCUT2D eigenvalue weighted by Crippen LogP contribution is 2.22. The molecule has 0 bridgehead atoms. The minimum atomic E-state index is -3.45. The Labute approximate surface area is 125 Å². The average Bonchev–Trinajstić information content (AvgIpc) is 2.93. The number of sulfonamides is 1. The monoisotopic (exact) mass is 320 g/mol. The van der Waals surface area contributed by atoms with Gasteiger partial charge in [-0.25, -0.2) is 18.1 Å². The molecule has 0 amide bonds. The quantitative estimate of drug-likeness (QED) is 0.862. The Morgan fingerprint density at radius 2 is 2.00 bits per heavy atom. The maximum Gasteiger partial charge on any atom is 0.258 e. The van der Waals surface area contributed by atoms with Gasteiger partial charge in [0.2, 0.25) is 0 Å². The van der Waals surface area contributed by atoms with Gasteiger partial charge in [0.25, 0.3) is 10.0 Å². The van der Waals surface area contributed by atoms with Crippen LogP contribution in [0.2, 0.25) is 0 Å². The molecule has 2 aliphatic rings. The summed E-state index contributed by atoms with van der Waals surface area (Å²) in [6.07, 6.45) is 6.74. The van der Waals surface area contributed by atoms with E-state index in [2.05, 4.69) is 9.71 Å². The zero-order valence-electron chi connectivity index (χ0n) is 11.3. The van der Waals surface area contributed by atoms with Crippen LogP contribution in [0.15, 0.2) is 11.2 Å². The van der Waals surface area contributed by atoms with Crippen molar-refractivity contribution in [3.63, 3.8) is 0 Å². The van der Waals surface area contributed by atoms with Crippen LogP contribution in [0.1, 0.15) is 37.9 Å². The molecular weight excluding hydrogens is 300 g/mol. The second kappa shape index (κ2) is 6.01. The van der Waals surface area contributed by atoms with Gasteiger partial charge >= 0.3 is 0 Å². The van der Waals surface area contributed by atoms with Crippen molar-refractivity contribution in [2.24, 2.45) is 5.73 Å². The molecular formula is C12H21ClN4O2S. The number of aromatic nitrogens is 2. The van der Waals surface area contributed by atoms with Gasteiger partial charge in [-0.05, 0) is 32.1 Å². The lowest BCUT2D eigenvalue weighted by atomic mass is 9.93. The number of nitrogens with one attached hydrogen (secondary N) is 1. The highest BCUT2D eigenvalue weighted by atomic mass is 35.5. The van der Waals surface area contributed by atoms with Gasteiger partial charge in [-0.2, -0.15) is 0 Å². The van der Waals surface area contributed by atoms with Crippen LogP contribution < -0.4 is 10.5 Å². The van der Waals surface area contributed by atoms with Gasteiger partial charge in [0.05, 0.1) is 6.20 Å². The largest absolute Gasteiger partial charge is 0.328 e. The fourth-order valence-corrected chi connectivity index (χ4v) is 4.44. The third-order valence-corrected chi connectivity index (χ3v) is 5.57. The molecule has 3 N–H and O–H groups in total. The summed E-state index contributed by atoms with van der Waals surface area (Å²) in [7, 11) is -3.45. The van der Waals surface area contributed by atoms with Crippen LogP contribution in [0.5, 0.6) is 0 Å². The maximum atomic E-state index is 12.4. The average molecular weight is 321 g/mol. The number of nitrogens with zero attached hydrogens (tertiary/aromatic N) is 2. The van der Waals surface area contributed by atoms with E-state index in [1.165, 1.54) is 6.20 Å². The van der Waals surface area contributed by atoms with Gasteiger partial charge in [-0.1, -0.05) is 0 Å². The molecule has 8 heteroatoms. The molecule has 3 rings (SSSR count). The van der Waals surface area contributed by atoms with E-state index in [0.29, 0.717) is 5.03 Å². The van der Waals surface area contributed by atoms with Crippen molar-refractivity contribution in [3.8, 4) is 0 Å². The van der Waals surface area contributed by atoms with Crippen molar-refractivity contribution in [2.45, 2.75) is 62.2 Å². The van der Waals surface area contributed by atoms with E-state index >= 15 is 0 Å². The second-order valence-corrected chi connectivity index (χ2v) is 7.16. The number of aryl methyl sites for hydroxylation is 1. The molecule has 1 aliphatic heterocycles. The summed E-state index contributed by atoms with van der Waals surface area (Å²) >= 11 is 0. The van der Waals surface area contributed by atoms with E-state index in [1.807, 2.05) is 4.57 Å². The molecule has 1 aromatic heterocycles. The summed E-state index contributed by atoms with van der Waals surface area (Å²) in [4.78, 5) is 4.19. The van der Waals surface area contributed by atoms with Gasteiger partial charge in [0.1, 0.15) is 5.82 Å². The van der Waals surface area contributed by atoms with E-state index in [9.17, 15) is 8.42 Å². The Morgan fingerprint density at radius 1 is 1.30 bits per heavy atom. The predicted molar refractivity (Wildman–Crippen MR) is 78.3 cm³/mol. The Hall–Kier alpha value is -0.630. The number of halogens is 1. The highest BCUT2D eigenvalue weighted by molar-refractivity contribution is 7.89. The van der Waals surface area contributed by atoms with Crippen molar-refractivity contribution in [3.05, 3.63) is 12.0 Å². The molecule has 0 aromatic carbocycles. The molecule has 0 unspecified atom stereocenters. The minimum absolute atomic E-state index is 0. The summed E-state index contributed by atoms with van der Waals surface area (Å²) in [6, 6.07) is 0.234. The van der Waals surface area contributed by atoms with E-state index in [1.54, 1.807) is 0 Å². The molecule has 1 saturated carbocycles. The first-order valence-corrected chi connectivity index (χ1v) is 8.37. The lowest BCUT2D eigenvalue weighted by molar-refractivity contribution is 0.373. The van der Waals surface area contributed by atoms with Crippen LogP contribution in [0.3, 0.4) is 0 Å². The van der Waals surface area contributed by atoms with E-state index in [4.69, 9.17) is 5.73 Å². The smallest absolute Gasteiger partial charge is 0.258 e. The first-order valence-electron chi connectivity index (χ1n) is 6.88. The zero-order chi connectivity index (χ0) is 13.5. The molecule has 114 valence electrons. The number of hydrogen-bond acceptors (Lipinski definition) is 4. The molecule has 0 spiro atoms. The second-order valence-electron chi connectivity index (χ2n) is 5.50. The van der Waals surface area contributed by atoms with Crippen LogP contribution in [0.4, 0.5) is 0 Å². The normalized spacial score (nSPS) is 26.1. The molecule has 0 saturated heterocycles. The van der Waals surface area contributed by atoms with Gasteiger partial charge < -0.3 is 10.3 Å². The molecule has 6 nitrogen and oxygen atoms in total. The van der Waals surface area contributed by atoms with E-state index < -0.39 is 10.0 Å². The summed E-state index contributed by atoms with van der Waals surface area (Å²) < 4.78 is 29.4. The Kier molecular flexibility index (Phi) is 4.73. The fraction of sp³-hybridized carbons (Fsp3) is 0.750. The summed E-state index contributed by atoms with van der Waals surface area (Å²) in [5.41, 5.74) is 5.84. The summed E-state index contributed by atoms with van der Waals surface area (Å²) in [5.74, 6) is 0.881. The molecule has 1 aromatic rings. The first kappa shape index (κ1) is 15.8. The topological polar surface area (TPSA) is 90.0 Å². The number of nitrogens with two attached hydrogens (primary N) is 1. The number of rotatable bonds is 3. The number of fused-ring (bicyclic) bond motifs is 1. The number of hydrogen-bond donors (Lipinski definition) is 2. The fourth-order valence-electron chi connectivity index (χ4n) is 2.96. The maximum absolute atomic E-state index is 12.4. The van der Waals surface area contributed by atoms with Gasteiger partial charge in [-0.15, -0.1) is 12.4 Å². The van der Waals surface area contributed by atoms with Crippen molar-refractivity contribution in [2.75, 3.05) is 0 Å². The number of imidazole rings is 1. The van der Waals surface area contributed by atoms with Gasteiger partial charge in [0, 0.05) is 25.0 Å². The highest BCUT2D eigenvalue weighted by Gasteiger charge is 2.28. The zero-order valence-corrected chi connectivity index (χ0v) is 12.9. The summed E-state index contributed by atoms with van der Waals surface area (Å²) in [6.45, 7) is 0.751. The van der Waals surface area contributed by atoms with Crippen molar-refractivity contribution in [1.29, 1.82) is 0 Å². The van der Waals surface area contributed by atoms with Crippen LogP contribution in [-0.2, 0) is 23.0 Å². The van der Waals surface area contributed by atoms with Gasteiger partial charge in [-0.3, -0.25) is 0 Å². The molecule has 1 fully saturated rings. The van der Waals surface area contributed by atoms with Crippen molar-refractivity contribution < 1.29 is 8.42 Å². The minimum Gasteiger partial charge on any atom is -0.328 e. The lowest BCUT2D eigenvalue weighted by Crippen LogP contribution is -2.40. The van der Waals surface area contributed by atoms with Crippen molar-refractivity contribution >= 4 is 22.4 Å². The Balaban J connectivity index is 0.00000147. The third-order valence-electron chi connectivity index (χ3n) is 4.05. The van der Waals surface area contributed by atoms with Gasteiger partial charge in [0.15, 0.2) is 5.03 Å². The van der Waals surface area contributed by atoms with E-state index in [-0.39, 0.29) is 24.5 Å². The van der Waals surface area contributed by atoms with Crippen LogP contribution >= 0.6 is 12.4 Å². The predicted octanol–water partition coefficient (Wildman–Crippen LogP) is 0.799. The first-order chi connectivity index (χ1) is 9.06. The standard InChI is InChI=1S/C12H20N4O2S.ClH/c13-9-3-5-10(6-4-9)15-19(17,18)12-8-14-11-2-1-7-16(11)12;/h8-10,15H,1-7,13H2;1H. The Morgan fingerprint density at radius 3 is 2.70 bits per heavy atom. The van der Waals surface area contributed by atoms with Crippen LogP contribution in [-0.4, -0.2) is 30.1 Å². The molecule has 0 atom stereocenters. The van der Waals surface area contributed by atoms with Crippen LogP contribution in [0.25, 0.3) is 0 Å². The lowest BCUT2D eigenvalue weighted by Gasteiger charge is -2.26. The molecule has 2 heterocycles. The molecule has 0 radical (unpaired) electrons. The van der Waals surface area contributed by atoms with Crippen molar-refractivity contribution in [1.82, 2.24) is 14.3 Å². The Bertz CT molecular complexity index is 564. The van der Waals surface area contributed by atoms with Crippen LogP contribution in [0, 0.1) is 0 Å². The summed E-state index contributed by atoms with van der Waals surface area (Å²) in [5, 5.41) is 0.315. The SMILES string of the molecule is Cl.NC1CCC(NS(=O)(=O)c2cnc3n2CCC3)CC1. The molecule has 1 aliphatic carbocycles. The molecule has 20 heavy (non-hydrogen) atoms. The third kappa shape index (κ3) is 3.00. The van der Waals surface area contributed by atoms with E-state index in [0.717, 1.165) is 50.9 Å².